The van der Waals surface area contributed by atoms with Crippen molar-refractivity contribution in [3.05, 3.63) is 239 Å². The van der Waals surface area contributed by atoms with E-state index in [-0.39, 0.29) is 21.7 Å². The predicted molar refractivity (Wildman–Crippen MR) is 335 cm³/mol. The van der Waals surface area contributed by atoms with Crippen LogP contribution in [0.3, 0.4) is 0 Å². The van der Waals surface area contributed by atoms with Gasteiger partial charge in [-0.1, -0.05) is 206 Å². The van der Waals surface area contributed by atoms with Gasteiger partial charge in [-0.05, 0) is 145 Å². The Morgan fingerprint density at radius 1 is 0.418 bits per heavy atom. The highest BCUT2D eigenvalue weighted by atomic mass is 16.5. The van der Waals surface area contributed by atoms with E-state index in [1.165, 1.54) is 66.7 Å². The molecule has 400 valence electrons. The molecule has 8 aromatic carbocycles. The zero-order valence-electron chi connectivity index (χ0n) is 49.0. The van der Waals surface area contributed by atoms with Crippen LogP contribution in [0.4, 0.5) is 22.7 Å². The van der Waals surface area contributed by atoms with E-state index in [2.05, 4.69) is 299 Å². The van der Waals surface area contributed by atoms with Crippen molar-refractivity contribution in [2.75, 3.05) is 16.5 Å². The van der Waals surface area contributed by atoms with Gasteiger partial charge in [0.1, 0.15) is 24.0 Å². The first kappa shape index (κ1) is 53.1. The third-order valence-electron chi connectivity index (χ3n) is 17.0. The van der Waals surface area contributed by atoms with Crippen LogP contribution in [-0.2, 0) is 21.7 Å². The maximum Gasteiger partial charge on any atom is 0.137 e. The molecule has 3 heterocycles. The lowest BCUT2D eigenvalue weighted by atomic mass is 9.73. The van der Waals surface area contributed by atoms with E-state index in [1.807, 2.05) is 6.20 Å². The molecular formula is C74H78N4O. The summed E-state index contributed by atoms with van der Waals surface area (Å²) in [6.07, 6.45) is 1.94. The van der Waals surface area contributed by atoms with Gasteiger partial charge >= 0.3 is 0 Å². The molecule has 0 unspecified atom stereocenters. The van der Waals surface area contributed by atoms with Crippen molar-refractivity contribution in [3.8, 4) is 28.4 Å². The molecule has 0 N–H and O–H groups in total. The lowest BCUT2D eigenvalue weighted by Gasteiger charge is -2.33. The second-order valence-corrected chi connectivity index (χ2v) is 25.8. The van der Waals surface area contributed by atoms with E-state index < -0.39 is 0 Å². The maximum atomic E-state index is 7.15. The van der Waals surface area contributed by atoms with E-state index in [0.717, 1.165) is 50.8 Å². The molecule has 1 aliphatic heterocycles. The standard InChI is InChI=1S/C74H78N4O/c1-48(2)61-29-23-30-62(49(3)4)70(61)50-32-35-66-68(38-50)77(57-41-55(73(11,12)51-24-17-15-18-25-51)39-56(42-57)74(13,14)52-26-19-16-20-27-52)47-76(66)58-40-54(72(8,9)10)43-60(45-58)79-59-33-34-64-63-28-21-22-31-65(63)78(67(64)46-59)69-44-53(36-37-75-69)71(5,6)7/h15-46,48-49H,47H2,1-14H3. The van der Waals surface area contributed by atoms with Crippen molar-refractivity contribution in [2.45, 2.75) is 130 Å². The van der Waals surface area contributed by atoms with E-state index in [9.17, 15) is 0 Å². The topological polar surface area (TPSA) is 33.5 Å². The third-order valence-corrected chi connectivity index (χ3v) is 17.0. The molecule has 5 heteroatoms. The molecule has 0 saturated heterocycles. The third kappa shape index (κ3) is 9.92. The largest absolute Gasteiger partial charge is 0.457 e. The van der Waals surface area contributed by atoms with Crippen molar-refractivity contribution in [3.63, 3.8) is 0 Å². The van der Waals surface area contributed by atoms with Gasteiger partial charge in [-0.2, -0.15) is 0 Å². The zero-order chi connectivity index (χ0) is 55.8. The second-order valence-electron chi connectivity index (χ2n) is 25.8. The Morgan fingerprint density at radius 2 is 0.975 bits per heavy atom. The average molecular weight is 1040 g/mol. The van der Waals surface area contributed by atoms with Gasteiger partial charge in [-0.3, -0.25) is 4.57 Å². The molecule has 0 spiro atoms. The first-order valence-electron chi connectivity index (χ1n) is 28.5. The van der Waals surface area contributed by atoms with Crippen LogP contribution in [0.2, 0.25) is 0 Å². The summed E-state index contributed by atoms with van der Waals surface area (Å²) in [4.78, 5) is 10.0. The molecule has 0 bridgehead atoms. The van der Waals surface area contributed by atoms with Crippen LogP contribution >= 0.6 is 0 Å². The highest BCUT2D eigenvalue weighted by Gasteiger charge is 2.35. The van der Waals surface area contributed by atoms with E-state index in [0.29, 0.717) is 18.5 Å². The molecule has 0 radical (unpaired) electrons. The molecule has 0 atom stereocenters. The fraction of sp³-hybridized carbons (Fsp3) is 0.284. The number of para-hydroxylation sites is 1. The minimum Gasteiger partial charge on any atom is -0.457 e. The highest BCUT2D eigenvalue weighted by molar-refractivity contribution is 6.09. The number of rotatable bonds is 12. The average Bonchev–Trinajstić information content (AvgIpc) is 4.05. The molecule has 0 saturated carbocycles. The Morgan fingerprint density at radius 3 is 1.58 bits per heavy atom. The first-order valence-corrected chi connectivity index (χ1v) is 28.5. The zero-order valence-corrected chi connectivity index (χ0v) is 49.0. The van der Waals surface area contributed by atoms with Crippen LogP contribution in [0, 0.1) is 0 Å². The second kappa shape index (κ2) is 20.1. The monoisotopic (exact) mass is 1040 g/mol. The van der Waals surface area contributed by atoms with Crippen LogP contribution in [-0.4, -0.2) is 16.2 Å². The lowest BCUT2D eigenvalue weighted by Crippen LogP contribution is -2.27. The number of fused-ring (bicyclic) bond motifs is 4. The first-order chi connectivity index (χ1) is 37.6. The molecule has 79 heavy (non-hydrogen) atoms. The molecule has 2 aromatic heterocycles. The van der Waals surface area contributed by atoms with Gasteiger partial charge in [0.2, 0.25) is 0 Å². The fourth-order valence-corrected chi connectivity index (χ4v) is 11.9. The lowest BCUT2D eigenvalue weighted by molar-refractivity contribution is 0.479. The summed E-state index contributed by atoms with van der Waals surface area (Å²) >= 11 is 0. The van der Waals surface area contributed by atoms with Crippen molar-refractivity contribution in [1.29, 1.82) is 0 Å². The van der Waals surface area contributed by atoms with Gasteiger partial charge in [-0.25, -0.2) is 4.98 Å². The van der Waals surface area contributed by atoms with Crippen molar-refractivity contribution in [1.82, 2.24) is 9.55 Å². The minimum absolute atomic E-state index is 0.0301. The molecule has 5 nitrogen and oxygen atoms in total. The van der Waals surface area contributed by atoms with Crippen LogP contribution in [0.1, 0.15) is 153 Å². The van der Waals surface area contributed by atoms with E-state index in [4.69, 9.17) is 9.72 Å². The number of hydrogen-bond donors (Lipinski definition) is 0. The molecular weight excluding hydrogens is 961 g/mol. The number of ether oxygens (including phenoxy) is 1. The predicted octanol–water partition coefficient (Wildman–Crippen LogP) is 20.4. The number of anilines is 4. The van der Waals surface area contributed by atoms with E-state index in [1.54, 1.807) is 0 Å². The summed E-state index contributed by atoms with van der Waals surface area (Å²) in [6, 6.07) is 69.9. The fourth-order valence-electron chi connectivity index (χ4n) is 11.9. The number of nitrogens with zero attached hydrogens (tertiary/aromatic N) is 4. The minimum atomic E-state index is -0.289. The Labute approximate surface area is 470 Å². The van der Waals surface area contributed by atoms with Crippen LogP contribution in [0.5, 0.6) is 11.5 Å². The van der Waals surface area contributed by atoms with Gasteiger partial charge in [0.25, 0.3) is 0 Å². The smallest absolute Gasteiger partial charge is 0.137 e. The van der Waals surface area contributed by atoms with Crippen LogP contribution in [0.15, 0.2) is 194 Å². The van der Waals surface area contributed by atoms with Crippen molar-refractivity contribution in [2.24, 2.45) is 0 Å². The summed E-state index contributed by atoms with van der Waals surface area (Å²) in [5.74, 6) is 3.16. The Balaban J connectivity index is 1.09. The van der Waals surface area contributed by atoms with Gasteiger partial charge in [-0.15, -0.1) is 0 Å². The molecule has 11 rings (SSSR count). The van der Waals surface area contributed by atoms with Crippen LogP contribution < -0.4 is 14.5 Å². The van der Waals surface area contributed by atoms with Crippen LogP contribution in [0.25, 0.3) is 38.8 Å². The summed E-state index contributed by atoms with van der Waals surface area (Å²) < 4.78 is 9.44. The summed E-state index contributed by atoms with van der Waals surface area (Å²) in [5, 5.41) is 2.34. The number of benzene rings is 8. The molecule has 10 aromatic rings. The van der Waals surface area contributed by atoms with Gasteiger partial charge in [0, 0.05) is 51.3 Å². The molecule has 0 fully saturated rings. The summed E-state index contributed by atoms with van der Waals surface area (Å²) in [7, 11) is 0. The van der Waals surface area contributed by atoms with Gasteiger partial charge in [0.15, 0.2) is 0 Å². The van der Waals surface area contributed by atoms with Gasteiger partial charge in [0.05, 0.1) is 22.4 Å². The maximum absolute atomic E-state index is 7.15. The summed E-state index contributed by atoms with van der Waals surface area (Å²) in [5.41, 5.74) is 18.8. The Hall–Kier alpha value is -7.89. The number of hydrogen-bond acceptors (Lipinski definition) is 4. The van der Waals surface area contributed by atoms with Crippen molar-refractivity contribution < 1.29 is 4.74 Å². The molecule has 1 aliphatic rings. The summed E-state index contributed by atoms with van der Waals surface area (Å²) in [6.45, 7) is 33.0. The number of aromatic nitrogens is 2. The normalized spacial score (nSPS) is 13.3. The highest BCUT2D eigenvalue weighted by Crippen LogP contribution is 2.51. The van der Waals surface area contributed by atoms with E-state index >= 15 is 0 Å². The SMILES string of the molecule is CC(C)c1cccc(C(C)C)c1-c1ccc2c(c1)N(c1cc(C(C)(C)c3ccccc3)cc(C(C)(C)c3ccccc3)c1)CN2c1cc(Oc2ccc3c4ccccc4n(-c4cc(C(C)(C)C)ccn4)c3c2)cc(C(C)(C)C)c1. The van der Waals surface area contributed by atoms with Crippen molar-refractivity contribution >= 4 is 44.6 Å². The quantitative estimate of drug-likeness (QED) is 0.122. The Kier molecular flexibility index (Phi) is 13.5. The molecule has 0 aliphatic carbocycles. The van der Waals surface area contributed by atoms with Gasteiger partial charge < -0.3 is 14.5 Å². The Bertz CT molecular complexity index is 3790. The molecule has 0 amide bonds. The number of pyridine rings is 1.